The van der Waals surface area contributed by atoms with Crippen LogP contribution in [-0.2, 0) is 0 Å². The SMILES string of the molecule is CC(C)=CC1([N+](=O)[O-])N=CN2NC=NC(O)=C21. The summed E-state index contributed by atoms with van der Waals surface area (Å²) in [5, 5.41) is 22.2. The van der Waals surface area contributed by atoms with Gasteiger partial charge in [0.25, 0.3) is 0 Å². The average molecular weight is 237 g/mol. The van der Waals surface area contributed by atoms with Gasteiger partial charge in [-0.1, -0.05) is 5.57 Å². The number of rotatable bonds is 2. The van der Waals surface area contributed by atoms with Gasteiger partial charge in [-0.25, -0.2) is 10.0 Å². The molecule has 0 radical (unpaired) electrons. The third kappa shape index (κ3) is 1.53. The molecule has 0 aromatic rings. The summed E-state index contributed by atoms with van der Waals surface area (Å²) in [6.07, 6.45) is 3.85. The molecule has 0 spiro atoms. The second-order valence-corrected chi connectivity index (χ2v) is 3.88. The second-order valence-electron chi connectivity index (χ2n) is 3.88. The van der Waals surface area contributed by atoms with Crippen molar-refractivity contribution in [2.45, 2.75) is 19.5 Å². The first-order valence-corrected chi connectivity index (χ1v) is 4.85. The molecule has 2 rings (SSSR count). The van der Waals surface area contributed by atoms with Crippen molar-refractivity contribution < 1.29 is 10.0 Å². The maximum absolute atomic E-state index is 11.3. The van der Waals surface area contributed by atoms with E-state index < -0.39 is 16.5 Å². The third-order valence-electron chi connectivity index (χ3n) is 2.32. The van der Waals surface area contributed by atoms with Crippen LogP contribution in [0.15, 0.2) is 33.2 Å². The Morgan fingerprint density at radius 3 is 3.00 bits per heavy atom. The van der Waals surface area contributed by atoms with Crippen molar-refractivity contribution in [3.63, 3.8) is 0 Å². The summed E-state index contributed by atoms with van der Waals surface area (Å²) in [7, 11) is 0. The number of aliphatic imine (C=N–C) groups is 2. The van der Waals surface area contributed by atoms with Crippen LogP contribution in [0.1, 0.15) is 13.8 Å². The highest BCUT2D eigenvalue weighted by molar-refractivity contribution is 5.71. The lowest BCUT2D eigenvalue weighted by Gasteiger charge is -2.23. The summed E-state index contributed by atoms with van der Waals surface area (Å²) in [5.74, 6) is -0.421. The molecular weight excluding hydrogens is 226 g/mol. The van der Waals surface area contributed by atoms with Crippen LogP contribution in [0.4, 0.5) is 0 Å². The first-order chi connectivity index (χ1) is 7.97. The molecule has 8 nitrogen and oxygen atoms in total. The molecule has 1 atom stereocenters. The molecule has 17 heavy (non-hydrogen) atoms. The van der Waals surface area contributed by atoms with E-state index >= 15 is 0 Å². The minimum atomic E-state index is -1.81. The van der Waals surface area contributed by atoms with Gasteiger partial charge in [0.1, 0.15) is 12.7 Å². The Labute approximate surface area is 96.8 Å². The minimum absolute atomic E-state index is 0.00815. The van der Waals surface area contributed by atoms with Gasteiger partial charge in [0.05, 0.1) is 4.92 Å². The number of aliphatic hydroxyl groups excluding tert-OH is 1. The number of allylic oxidation sites excluding steroid dienone is 1. The summed E-state index contributed by atoms with van der Waals surface area (Å²) in [6.45, 7) is 3.45. The maximum Gasteiger partial charge on any atom is 0.381 e. The number of hydrogen-bond donors (Lipinski definition) is 2. The lowest BCUT2D eigenvalue weighted by atomic mass is 10.1. The van der Waals surface area contributed by atoms with E-state index in [9.17, 15) is 15.2 Å². The zero-order valence-corrected chi connectivity index (χ0v) is 9.28. The van der Waals surface area contributed by atoms with Gasteiger partial charge in [-0.05, 0) is 13.8 Å². The van der Waals surface area contributed by atoms with Crippen LogP contribution in [0.2, 0.25) is 0 Å². The average Bonchev–Trinajstić information content (AvgIpc) is 2.59. The standard InChI is InChI=1S/C9H11N5O3/c1-6(2)3-9(14(16)17)7-8(15)10-4-12-13(7)5-11-9/h3-5,15H,1-2H3,(H,10,12). The van der Waals surface area contributed by atoms with Gasteiger partial charge in [0, 0.05) is 6.08 Å². The van der Waals surface area contributed by atoms with Crippen molar-refractivity contribution in [3.05, 3.63) is 33.3 Å². The smallest absolute Gasteiger partial charge is 0.381 e. The molecule has 2 aliphatic rings. The van der Waals surface area contributed by atoms with Crippen molar-refractivity contribution in [2.75, 3.05) is 0 Å². The minimum Gasteiger partial charge on any atom is -0.492 e. The predicted octanol–water partition coefficient (Wildman–Crippen LogP) is 0.543. The Balaban J connectivity index is 2.62. The molecule has 90 valence electrons. The third-order valence-corrected chi connectivity index (χ3v) is 2.32. The molecular formula is C9H11N5O3. The largest absolute Gasteiger partial charge is 0.492 e. The molecule has 0 aromatic heterocycles. The van der Waals surface area contributed by atoms with E-state index in [2.05, 4.69) is 15.4 Å². The van der Waals surface area contributed by atoms with Crippen molar-refractivity contribution in [2.24, 2.45) is 9.98 Å². The molecule has 0 saturated carbocycles. The van der Waals surface area contributed by atoms with E-state index in [1.807, 2.05) is 0 Å². The highest BCUT2D eigenvalue weighted by Crippen LogP contribution is 2.34. The van der Waals surface area contributed by atoms with Crippen LogP contribution >= 0.6 is 0 Å². The molecule has 2 N–H and O–H groups in total. The Hall–Kier alpha value is -2.38. The molecule has 0 amide bonds. The van der Waals surface area contributed by atoms with Gasteiger partial charge >= 0.3 is 5.66 Å². The van der Waals surface area contributed by atoms with Gasteiger partial charge < -0.3 is 5.11 Å². The number of nitrogens with one attached hydrogen (secondary N) is 1. The van der Waals surface area contributed by atoms with Crippen LogP contribution in [-0.4, -0.2) is 33.4 Å². The molecule has 0 fully saturated rings. The zero-order valence-electron chi connectivity index (χ0n) is 9.28. The molecule has 2 aliphatic heterocycles. The van der Waals surface area contributed by atoms with E-state index in [-0.39, 0.29) is 5.70 Å². The Morgan fingerprint density at radius 2 is 2.41 bits per heavy atom. The van der Waals surface area contributed by atoms with E-state index in [4.69, 9.17) is 0 Å². The van der Waals surface area contributed by atoms with E-state index in [0.29, 0.717) is 0 Å². The fourth-order valence-corrected chi connectivity index (χ4v) is 1.72. The molecule has 8 heteroatoms. The Bertz CT molecular complexity index is 489. The monoisotopic (exact) mass is 237 g/mol. The molecule has 0 aromatic carbocycles. The fraction of sp³-hybridized carbons (Fsp3) is 0.333. The number of nitro groups is 1. The summed E-state index contributed by atoms with van der Waals surface area (Å²) in [4.78, 5) is 18.2. The summed E-state index contributed by atoms with van der Waals surface area (Å²) in [5.41, 5.74) is 1.53. The molecule has 2 heterocycles. The quantitative estimate of drug-likeness (QED) is 0.414. The lowest BCUT2D eigenvalue weighted by molar-refractivity contribution is -0.542. The second kappa shape index (κ2) is 3.58. The van der Waals surface area contributed by atoms with Crippen molar-refractivity contribution >= 4 is 12.7 Å². The van der Waals surface area contributed by atoms with Crippen molar-refractivity contribution in [1.82, 2.24) is 10.4 Å². The summed E-state index contributed by atoms with van der Waals surface area (Å²) >= 11 is 0. The van der Waals surface area contributed by atoms with Crippen LogP contribution in [0.3, 0.4) is 0 Å². The number of nitrogens with zero attached hydrogens (tertiary/aromatic N) is 4. The molecule has 1 unspecified atom stereocenters. The molecule has 0 bridgehead atoms. The van der Waals surface area contributed by atoms with Crippen molar-refractivity contribution in [3.8, 4) is 0 Å². The van der Waals surface area contributed by atoms with Crippen LogP contribution in [0, 0.1) is 10.1 Å². The normalized spacial score (nSPS) is 25.6. The number of hydrogen-bond acceptors (Lipinski definition) is 7. The zero-order chi connectivity index (χ0) is 12.6. The number of hydrazine groups is 1. The van der Waals surface area contributed by atoms with Crippen LogP contribution in [0.25, 0.3) is 0 Å². The highest BCUT2D eigenvalue weighted by Gasteiger charge is 2.54. The first kappa shape index (κ1) is 11.1. The highest BCUT2D eigenvalue weighted by atomic mass is 16.6. The predicted molar refractivity (Wildman–Crippen MR) is 60.8 cm³/mol. The molecule has 0 aliphatic carbocycles. The number of aliphatic hydroxyl groups is 1. The van der Waals surface area contributed by atoms with Crippen molar-refractivity contribution in [1.29, 1.82) is 0 Å². The fourth-order valence-electron chi connectivity index (χ4n) is 1.72. The van der Waals surface area contributed by atoms with Gasteiger partial charge in [0.2, 0.25) is 11.6 Å². The van der Waals surface area contributed by atoms with Gasteiger partial charge in [-0.15, -0.1) is 0 Å². The van der Waals surface area contributed by atoms with Gasteiger partial charge in [-0.2, -0.15) is 4.99 Å². The van der Waals surface area contributed by atoms with Gasteiger partial charge in [0.15, 0.2) is 0 Å². The number of fused-ring (bicyclic) bond motifs is 1. The lowest BCUT2D eigenvalue weighted by Crippen LogP contribution is -2.45. The summed E-state index contributed by atoms with van der Waals surface area (Å²) in [6, 6.07) is 0. The van der Waals surface area contributed by atoms with Crippen LogP contribution < -0.4 is 5.43 Å². The summed E-state index contributed by atoms with van der Waals surface area (Å²) < 4.78 is 0. The maximum atomic E-state index is 11.3. The Morgan fingerprint density at radius 1 is 1.71 bits per heavy atom. The first-order valence-electron chi connectivity index (χ1n) is 4.85. The van der Waals surface area contributed by atoms with E-state index in [1.165, 1.54) is 23.8 Å². The van der Waals surface area contributed by atoms with E-state index in [1.54, 1.807) is 13.8 Å². The van der Waals surface area contributed by atoms with E-state index in [0.717, 1.165) is 5.57 Å². The topological polar surface area (TPSA) is 103 Å². The molecule has 0 saturated heterocycles. The van der Waals surface area contributed by atoms with Crippen LogP contribution in [0.5, 0.6) is 0 Å². The van der Waals surface area contributed by atoms with Gasteiger partial charge in [-0.3, -0.25) is 15.5 Å². The Kier molecular flexibility index (Phi) is 2.34.